The number of hydrogen-bond donors (Lipinski definition) is 3. The van der Waals surface area contributed by atoms with Crippen LogP contribution in [-0.2, 0) is 26.2 Å². The SMILES string of the molecule is CC(C)(C)OC(=O)NC(Cc1cc(F)cc(F)c1)C(O)CNC1(c2cccc(C3COCCO3)c2)CC1. The van der Waals surface area contributed by atoms with Gasteiger partial charge in [0, 0.05) is 18.2 Å². The van der Waals surface area contributed by atoms with Crippen molar-refractivity contribution in [3.05, 3.63) is 70.8 Å². The van der Waals surface area contributed by atoms with E-state index in [1.165, 1.54) is 12.1 Å². The molecule has 3 unspecified atom stereocenters. The molecule has 0 bridgehead atoms. The third-order valence-electron chi connectivity index (χ3n) is 6.57. The minimum absolute atomic E-state index is 0.0261. The van der Waals surface area contributed by atoms with Gasteiger partial charge in [0.05, 0.1) is 32.0 Å². The third kappa shape index (κ3) is 7.70. The van der Waals surface area contributed by atoms with Gasteiger partial charge < -0.3 is 30.0 Å². The van der Waals surface area contributed by atoms with E-state index in [1.807, 2.05) is 18.2 Å². The summed E-state index contributed by atoms with van der Waals surface area (Å²) < 4.78 is 44.3. The summed E-state index contributed by atoms with van der Waals surface area (Å²) in [5.41, 5.74) is 1.42. The van der Waals surface area contributed by atoms with Crippen LogP contribution in [0.3, 0.4) is 0 Å². The zero-order chi connectivity index (χ0) is 26.6. The molecule has 0 radical (unpaired) electrons. The minimum atomic E-state index is -1.05. The van der Waals surface area contributed by atoms with E-state index >= 15 is 0 Å². The first-order chi connectivity index (χ1) is 17.5. The summed E-state index contributed by atoms with van der Waals surface area (Å²) >= 11 is 0. The molecular weight excluding hydrogens is 482 g/mol. The van der Waals surface area contributed by atoms with Crippen LogP contribution in [0.5, 0.6) is 0 Å². The predicted molar refractivity (Wildman–Crippen MR) is 134 cm³/mol. The number of nitrogens with one attached hydrogen (secondary N) is 2. The van der Waals surface area contributed by atoms with Gasteiger partial charge in [0.25, 0.3) is 0 Å². The van der Waals surface area contributed by atoms with Gasteiger partial charge in [-0.25, -0.2) is 13.6 Å². The fraction of sp³-hybridized carbons (Fsp3) is 0.536. The zero-order valence-electron chi connectivity index (χ0n) is 21.6. The van der Waals surface area contributed by atoms with E-state index in [-0.39, 0.29) is 24.6 Å². The summed E-state index contributed by atoms with van der Waals surface area (Å²) in [6.07, 6.45) is -0.0524. The number of aliphatic hydroxyl groups is 1. The molecule has 3 atom stereocenters. The van der Waals surface area contributed by atoms with E-state index in [1.54, 1.807) is 20.8 Å². The molecule has 37 heavy (non-hydrogen) atoms. The first-order valence-electron chi connectivity index (χ1n) is 12.7. The summed E-state index contributed by atoms with van der Waals surface area (Å²) in [5.74, 6) is -1.44. The number of carbonyl (C=O) groups is 1. The fourth-order valence-corrected chi connectivity index (χ4v) is 4.58. The Morgan fingerprint density at radius 1 is 1.16 bits per heavy atom. The van der Waals surface area contributed by atoms with Crippen molar-refractivity contribution in [2.75, 3.05) is 26.4 Å². The van der Waals surface area contributed by atoms with Gasteiger partial charge in [-0.1, -0.05) is 24.3 Å². The number of benzene rings is 2. The average Bonchev–Trinajstić information content (AvgIpc) is 3.62. The molecule has 3 N–H and O–H groups in total. The molecule has 1 saturated carbocycles. The molecule has 2 aliphatic rings. The second-order valence-electron chi connectivity index (χ2n) is 10.8. The van der Waals surface area contributed by atoms with E-state index in [2.05, 4.69) is 16.7 Å². The van der Waals surface area contributed by atoms with Gasteiger partial charge in [-0.2, -0.15) is 0 Å². The topological polar surface area (TPSA) is 89.1 Å². The molecule has 0 spiro atoms. The highest BCUT2D eigenvalue weighted by Crippen LogP contribution is 2.46. The van der Waals surface area contributed by atoms with E-state index in [0.717, 1.165) is 30.0 Å². The summed E-state index contributed by atoms with van der Waals surface area (Å²) in [5, 5.41) is 17.2. The van der Waals surface area contributed by atoms with Crippen molar-refractivity contribution in [3.8, 4) is 0 Å². The molecule has 2 fully saturated rings. The molecule has 1 aliphatic carbocycles. The fourth-order valence-electron chi connectivity index (χ4n) is 4.58. The number of amides is 1. The molecule has 2 aromatic carbocycles. The van der Waals surface area contributed by atoms with Gasteiger partial charge in [0.15, 0.2) is 0 Å². The van der Waals surface area contributed by atoms with Crippen molar-refractivity contribution < 1.29 is 32.9 Å². The maximum absolute atomic E-state index is 13.8. The smallest absolute Gasteiger partial charge is 0.407 e. The Hall–Kier alpha value is -2.59. The van der Waals surface area contributed by atoms with Crippen LogP contribution < -0.4 is 10.6 Å². The van der Waals surface area contributed by atoms with Crippen molar-refractivity contribution in [1.82, 2.24) is 10.6 Å². The maximum atomic E-state index is 13.8. The second kappa shape index (κ2) is 11.4. The second-order valence-corrected chi connectivity index (χ2v) is 10.8. The first kappa shape index (κ1) is 27.4. The van der Waals surface area contributed by atoms with Crippen LogP contribution in [0, 0.1) is 11.6 Å². The van der Waals surface area contributed by atoms with Crippen LogP contribution in [0.4, 0.5) is 13.6 Å². The Morgan fingerprint density at radius 2 is 1.89 bits per heavy atom. The Morgan fingerprint density at radius 3 is 2.51 bits per heavy atom. The highest BCUT2D eigenvalue weighted by Gasteiger charge is 2.44. The van der Waals surface area contributed by atoms with Gasteiger partial charge in [-0.05, 0) is 68.9 Å². The summed E-state index contributed by atoms with van der Waals surface area (Å²) in [4.78, 5) is 12.5. The molecule has 2 aromatic rings. The largest absolute Gasteiger partial charge is 0.444 e. The van der Waals surface area contributed by atoms with Gasteiger partial charge in [-0.15, -0.1) is 0 Å². The zero-order valence-corrected chi connectivity index (χ0v) is 21.6. The number of ether oxygens (including phenoxy) is 3. The van der Waals surface area contributed by atoms with Crippen molar-refractivity contribution in [2.45, 2.75) is 69.4 Å². The van der Waals surface area contributed by atoms with Crippen LogP contribution in [0.1, 0.15) is 56.4 Å². The van der Waals surface area contributed by atoms with Crippen LogP contribution in [0.2, 0.25) is 0 Å². The Labute approximate surface area is 216 Å². The number of aliphatic hydroxyl groups excluding tert-OH is 1. The average molecular weight is 519 g/mol. The molecule has 0 aromatic heterocycles. The minimum Gasteiger partial charge on any atom is -0.444 e. The lowest BCUT2D eigenvalue weighted by Gasteiger charge is -2.29. The molecule has 1 heterocycles. The monoisotopic (exact) mass is 518 g/mol. The van der Waals surface area contributed by atoms with E-state index in [0.29, 0.717) is 25.4 Å². The molecule has 9 heteroatoms. The summed E-state index contributed by atoms with van der Waals surface area (Å²) in [6.45, 7) is 7.03. The van der Waals surface area contributed by atoms with Crippen LogP contribution >= 0.6 is 0 Å². The maximum Gasteiger partial charge on any atom is 0.407 e. The highest BCUT2D eigenvalue weighted by atomic mass is 19.1. The molecule has 7 nitrogen and oxygen atoms in total. The van der Waals surface area contributed by atoms with E-state index in [4.69, 9.17) is 14.2 Å². The predicted octanol–water partition coefficient (Wildman–Crippen LogP) is 4.13. The lowest BCUT2D eigenvalue weighted by molar-refractivity contribution is -0.0901. The number of alkyl carbamates (subject to hydrolysis) is 1. The van der Waals surface area contributed by atoms with Crippen molar-refractivity contribution in [1.29, 1.82) is 0 Å². The standard InChI is InChI=1S/C28H36F2N2O5/c1-27(2,3)37-26(34)32-23(13-18-11-21(29)15-22(30)12-18)24(33)16-31-28(7-8-28)20-6-4-5-19(14-20)25-17-35-9-10-36-25/h4-6,11-12,14-15,23-25,31,33H,7-10,13,16-17H2,1-3H3,(H,32,34). The van der Waals surface area contributed by atoms with Gasteiger partial charge in [-0.3, -0.25) is 0 Å². The Kier molecular flexibility index (Phi) is 8.48. The lowest BCUT2D eigenvalue weighted by atomic mass is 9.97. The molecular formula is C28H36F2N2O5. The Bertz CT molecular complexity index is 1060. The first-order valence-corrected chi connectivity index (χ1v) is 12.7. The lowest BCUT2D eigenvalue weighted by Crippen LogP contribution is -2.51. The van der Waals surface area contributed by atoms with Crippen LogP contribution in [-0.4, -0.2) is 55.3 Å². The van der Waals surface area contributed by atoms with E-state index < -0.39 is 35.5 Å². The molecule has 1 aliphatic heterocycles. The molecule has 4 rings (SSSR count). The number of rotatable bonds is 9. The molecule has 1 amide bonds. The van der Waals surface area contributed by atoms with Gasteiger partial charge in [0.1, 0.15) is 23.3 Å². The van der Waals surface area contributed by atoms with Crippen LogP contribution in [0.25, 0.3) is 0 Å². The van der Waals surface area contributed by atoms with Gasteiger partial charge in [0.2, 0.25) is 0 Å². The highest BCUT2D eigenvalue weighted by molar-refractivity contribution is 5.68. The summed E-state index contributed by atoms with van der Waals surface area (Å²) in [6, 6.07) is 10.5. The molecule has 1 saturated heterocycles. The quantitative estimate of drug-likeness (QED) is 0.463. The normalized spacial score (nSPS) is 20.6. The van der Waals surface area contributed by atoms with Crippen molar-refractivity contribution >= 4 is 6.09 Å². The Balaban J connectivity index is 1.45. The number of hydrogen-bond acceptors (Lipinski definition) is 6. The van der Waals surface area contributed by atoms with Crippen molar-refractivity contribution in [2.24, 2.45) is 0 Å². The van der Waals surface area contributed by atoms with Crippen molar-refractivity contribution in [3.63, 3.8) is 0 Å². The van der Waals surface area contributed by atoms with E-state index in [9.17, 15) is 18.7 Å². The van der Waals surface area contributed by atoms with Crippen LogP contribution in [0.15, 0.2) is 42.5 Å². The number of halogens is 2. The number of carbonyl (C=O) groups excluding carboxylic acids is 1. The van der Waals surface area contributed by atoms with Gasteiger partial charge >= 0.3 is 6.09 Å². The summed E-state index contributed by atoms with van der Waals surface area (Å²) in [7, 11) is 0. The molecule has 202 valence electrons. The third-order valence-corrected chi connectivity index (χ3v) is 6.57.